The normalized spacial score (nSPS) is 10.4. The number of aryl methyl sites for hydroxylation is 2. The minimum absolute atomic E-state index is 0.112. The van der Waals surface area contributed by atoms with Crippen LogP contribution in [0.15, 0.2) is 29.9 Å². The standard InChI is InChI=1S/C15H19N3OS/c1-12-18-14(11-20-12)7-9-17-15(19)6-2-4-13-5-3-8-16-10-13/h3,5,8,10-11H,2,4,6-7,9H2,1H3,(H,17,19). The number of hydrogen-bond acceptors (Lipinski definition) is 4. The van der Waals surface area contributed by atoms with Crippen molar-refractivity contribution in [1.82, 2.24) is 15.3 Å². The molecule has 0 fully saturated rings. The number of amides is 1. The number of carbonyl (C=O) groups excluding carboxylic acids is 1. The van der Waals surface area contributed by atoms with Crippen molar-refractivity contribution >= 4 is 17.2 Å². The van der Waals surface area contributed by atoms with E-state index in [1.165, 1.54) is 5.56 Å². The second-order valence-corrected chi connectivity index (χ2v) is 5.73. The molecule has 2 aromatic heterocycles. The quantitative estimate of drug-likeness (QED) is 0.852. The molecule has 0 bridgehead atoms. The fourth-order valence-electron chi connectivity index (χ4n) is 1.94. The Hall–Kier alpha value is -1.75. The molecule has 0 atom stereocenters. The third-order valence-corrected chi connectivity index (χ3v) is 3.78. The van der Waals surface area contributed by atoms with Crippen molar-refractivity contribution in [1.29, 1.82) is 0 Å². The largest absolute Gasteiger partial charge is 0.356 e. The molecule has 2 aromatic rings. The molecule has 1 N–H and O–H groups in total. The van der Waals surface area contributed by atoms with Gasteiger partial charge in [0.2, 0.25) is 5.91 Å². The van der Waals surface area contributed by atoms with Gasteiger partial charge in [0, 0.05) is 37.2 Å². The zero-order valence-corrected chi connectivity index (χ0v) is 12.4. The van der Waals surface area contributed by atoms with E-state index in [1.807, 2.05) is 30.6 Å². The summed E-state index contributed by atoms with van der Waals surface area (Å²) in [7, 11) is 0. The molecule has 2 heterocycles. The first-order chi connectivity index (χ1) is 9.74. The molecule has 2 rings (SSSR count). The zero-order chi connectivity index (χ0) is 14.2. The van der Waals surface area contributed by atoms with Gasteiger partial charge < -0.3 is 5.32 Å². The van der Waals surface area contributed by atoms with Crippen molar-refractivity contribution in [2.45, 2.75) is 32.6 Å². The molecule has 0 aliphatic heterocycles. The minimum atomic E-state index is 0.112. The summed E-state index contributed by atoms with van der Waals surface area (Å²) in [5.41, 5.74) is 2.24. The van der Waals surface area contributed by atoms with Crippen molar-refractivity contribution < 1.29 is 4.79 Å². The number of aromatic nitrogens is 2. The number of thiazole rings is 1. The smallest absolute Gasteiger partial charge is 0.220 e. The van der Waals surface area contributed by atoms with E-state index in [0.29, 0.717) is 13.0 Å². The summed E-state index contributed by atoms with van der Waals surface area (Å²) in [6.45, 7) is 2.65. The van der Waals surface area contributed by atoms with Crippen LogP contribution in [0.4, 0.5) is 0 Å². The van der Waals surface area contributed by atoms with Crippen molar-refractivity contribution in [2.24, 2.45) is 0 Å². The third kappa shape index (κ3) is 5.09. The van der Waals surface area contributed by atoms with Crippen LogP contribution in [0, 0.1) is 6.92 Å². The van der Waals surface area contributed by atoms with Crippen molar-refractivity contribution in [3.05, 3.63) is 46.2 Å². The molecule has 0 spiro atoms. The fourth-order valence-corrected chi connectivity index (χ4v) is 2.59. The van der Waals surface area contributed by atoms with Crippen LogP contribution in [0.3, 0.4) is 0 Å². The number of hydrogen-bond donors (Lipinski definition) is 1. The maximum Gasteiger partial charge on any atom is 0.220 e. The van der Waals surface area contributed by atoms with Gasteiger partial charge in [-0.3, -0.25) is 9.78 Å². The van der Waals surface area contributed by atoms with E-state index in [4.69, 9.17) is 0 Å². The van der Waals surface area contributed by atoms with E-state index in [-0.39, 0.29) is 5.91 Å². The summed E-state index contributed by atoms with van der Waals surface area (Å²) < 4.78 is 0. The Labute approximate surface area is 123 Å². The second-order valence-electron chi connectivity index (χ2n) is 4.67. The molecular weight excluding hydrogens is 270 g/mol. The average Bonchev–Trinajstić information content (AvgIpc) is 2.86. The Bertz CT molecular complexity index is 539. The fraction of sp³-hybridized carbons (Fsp3) is 0.400. The van der Waals surface area contributed by atoms with Gasteiger partial charge in [0.15, 0.2) is 0 Å². The van der Waals surface area contributed by atoms with Crippen LogP contribution < -0.4 is 5.32 Å². The highest BCUT2D eigenvalue weighted by Crippen LogP contribution is 2.08. The van der Waals surface area contributed by atoms with E-state index in [0.717, 1.165) is 30.0 Å². The first kappa shape index (κ1) is 14.7. The SMILES string of the molecule is Cc1nc(CCNC(=O)CCCc2cccnc2)cs1. The molecule has 4 nitrogen and oxygen atoms in total. The van der Waals surface area contributed by atoms with Crippen LogP contribution in [0.25, 0.3) is 0 Å². The number of carbonyl (C=O) groups is 1. The Morgan fingerprint density at radius 3 is 3.00 bits per heavy atom. The van der Waals surface area contributed by atoms with Crippen LogP contribution in [0.1, 0.15) is 29.1 Å². The van der Waals surface area contributed by atoms with Crippen molar-refractivity contribution in [3.63, 3.8) is 0 Å². The van der Waals surface area contributed by atoms with Gasteiger partial charge >= 0.3 is 0 Å². The monoisotopic (exact) mass is 289 g/mol. The summed E-state index contributed by atoms with van der Waals surface area (Å²) >= 11 is 1.65. The highest BCUT2D eigenvalue weighted by Gasteiger charge is 2.03. The Balaban J connectivity index is 1.59. The first-order valence-corrected chi connectivity index (χ1v) is 7.68. The molecule has 0 aliphatic carbocycles. The Kier molecular flexibility index (Phi) is 5.68. The van der Waals surface area contributed by atoms with Crippen LogP contribution in [-0.4, -0.2) is 22.4 Å². The maximum absolute atomic E-state index is 11.7. The number of pyridine rings is 1. The summed E-state index contributed by atoms with van der Waals surface area (Å²) in [6.07, 6.45) is 6.72. The topological polar surface area (TPSA) is 54.9 Å². The van der Waals surface area contributed by atoms with Gasteiger partial charge in [0.05, 0.1) is 10.7 Å². The third-order valence-electron chi connectivity index (χ3n) is 2.96. The predicted molar refractivity (Wildman–Crippen MR) is 80.7 cm³/mol. The zero-order valence-electron chi connectivity index (χ0n) is 11.6. The van der Waals surface area contributed by atoms with E-state index in [2.05, 4.69) is 15.3 Å². The van der Waals surface area contributed by atoms with Crippen LogP contribution in [0.5, 0.6) is 0 Å². The molecule has 0 saturated carbocycles. The van der Waals surface area contributed by atoms with Gasteiger partial charge in [-0.25, -0.2) is 4.98 Å². The highest BCUT2D eigenvalue weighted by molar-refractivity contribution is 7.09. The lowest BCUT2D eigenvalue weighted by molar-refractivity contribution is -0.121. The number of nitrogens with zero attached hydrogens (tertiary/aromatic N) is 2. The van der Waals surface area contributed by atoms with E-state index in [9.17, 15) is 4.79 Å². The van der Waals surface area contributed by atoms with Crippen LogP contribution in [-0.2, 0) is 17.6 Å². The average molecular weight is 289 g/mol. The second kappa shape index (κ2) is 7.75. The summed E-state index contributed by atoms with van der Waals surface area (Å²) in [5, 5.41) is 6.05. The van der Waals surface area contributed by atoms with Gasteiger partial charge in [0.25, 0.3) is 0 Å². The predicted octanol–water partition coefficient (Wildman–Crippen LogP) is 2.53. The Morgan fingerprint density at radius 2 is 2.30 bits per heavy atom. The molecule has 20 heavy (non-hydrogen) atoms. The van der Waals surface area contributed by atoms with Gasteiger partial charge in [-0.15, -0.1) is 11.3 Å². The lowest BCUT2D eigenvalue weighted by Gasteiger charge is -2.04. The summed E-state index contributed by atoms with van der Waals surface area (Å²) in [6, 6.07) is 3.96. The summed E-state index contributed by atoms with van der Waals surface area (Å²) in [4.78, 5) is 20.1. The summed E-state index contributed by atoms with van der Waals surface area (Å²) in [5.74, 6) is 0.112. The molecule has 5 heteroatoms. The number of nitrogens with one attached hydrogen (secondary N) is 1. The van der Waals surface area contributed by atoms with Crippen molar-refractivity contribution in [3.8, 4) is 0 Å². The molecule has 106 valence electrons. The lowest BCUT2D eigenvalue weighted by atomic mass is 10.1. The van der Waals surface area contributed by atoms with Gasteiger partial charge in [0.1, 0.15) is 0 Å². The van der Waals surface area contributed by atoms with Gasteiger partial charge in [-0.1, -0.05) is 6.07 Å². The molecule has 0 aliphatic rings. The molecular formula is C15H19N3OS. The van der Waals surface area contributed by atoms with E-state index < -0.39 is 0 Å². The van der Waals surface area contributed by atoms with Crippen LogP contribution >= 0.6 is 11.3 Å². The Morgan fingerprint density at radius 1 is 1.40 bits per heavy atom. The molecule has 0 saturated heterocycles. The molecule has 0 aromatic carbocycles. The highest BCUT2D eigenvalue weighted by atomic mass is 32.1. The van der Waals surface area contributed by atoms with Crippen LogP contribution in [0.2, 0.25) is 0 Å². The molecule has 0 unspecified atom stereocenters. The van der Waals surface area contributed by atoms with Gasteiger partial charge in [-0.05, 0) is 31.4 Å². The maximum atomic E-state index is 11.7. The number of rotatable bonds is 7. The lowest BCUT2D eigenvalue weighted by Crippen LogP contribution is -2.25. The minimum Gasteiger partial charge on any atom is -0.356 e. The van der Waals surface area contributed by atoms with E-state index in [1.54, 1.807) is 17.5 Å². The van der Waals surface area contributed by atoms with Gasteiger partial charge in [-0.2, -0.15) is 0 Å². The van der Waals surface area contributed by atoms with E-state index >= 15 is 0 Å². The first-order valence-electron chi connectivity index (χ1n) is 6.80. The molecule has 1 amide bonds. The molecule has 0 radical (unpaired) electrons. The van der Waals surface area contributed by atoms with Crippen molar-refractivity contribution in [2.75, 3.05) is 6.54 Å².